The molecule has 3 atom stereocenters. The third-order valence-corrected chi connectivity index (χ3v) is 3.77. The molecule has 0 bridgehead atoms. The molecule has 0 amide bonds. The fourth-order valence-electron chi connectivity index (χ4n) is 2.75. The van der Waals surface area contributed by atoms with Crippen LogP contribution in [0.25, 0.3) is 0 Å². The summed E-state index contributed by atoms with van der Waals surface area (Å²) in [5.41, 5.74) is -0.206. The van der Waals surface area contributed by atoms with Gasteiger partial charge in [0.25, 0.3) is 0 Å². The monoisotopic (exact) mass is 257 g/mol. The molecule has 0 spiro atoms. The molecule has 1 aromatic carbocycles. The minimum Gasteiger partial charge on any atom is -0.377 e. The van der Waals surface area contributed by atoms with Crippen LogP contribution in [0.5, 0.6) is 0 Å². The van der Waals surface area contributed by atoms with E-state index in [0.29, 0.717) is 24.0 Å². The third-order valence-electron chi connectivity index (χ3n) is 3.77. The summed E-state index contributed by atoms with van der Waals surface area (Å²) in [5.74, 6) is -1.60. The Bertz CT molecular complexity index is 410. The lowest BCUT2D eigenvalue weighted by Crippen LogP contribution is -2.33. The first kappa shape index (κ1) is 13.2. The molecular formula is C14H18F3N. The molecule has 4 heteroatoms. The van der Waals surface area contributed by atoms with E-state index in [0.717, 1.165) is 19.3 Å². The van der Waals surface area contributed by atoms with Crippen molar-refractivity contribution in [2.75, 3.05) is 5.32 Å². The molecule has 1 nitrogen and oxygen atoms in total. The summed E-state index contributed by atoms with van der Waals surface area (Å²) in [6.07, 6.45) is 2.98. The van der Waals surface area contributed by atoms with Crippen LogP contribution in [0.2, 0.25) is 0 Å². The Hall–Kier alpha value is -1.19. The molecule has 0 aromatic heterocycles. The van der Waals surface area contributed by atoms with Crippen LogP contribution in [0.15, 0.2) is 12.1 Å². The Morgan fingerprint density at radius 3 is 2.22 bits per heavy atom. The van der Waals surface area contributed by atoms with Gasteiger partial charge in [-0.2, -0.15) is 0 Å². The van der Waals surface area contributed by atoms with Gasteiger partial charge in [-0.1, -0.05) is 13.8 Å². The van der Waals surface area contributed by atoms with Gasteiger partial charge in [-0.15, -0.1) is 0 Å². The van der Waals surface area contributed by atoms with E-state index in [4.69, 9.17) is 0 Å². The van der Waals surface area contributed by atoms with Crippen molar-refractivity contribution in [1.82, 2.24) is 0 Å². The van der Waals surface area contributed by atoms with Crippen molar-refractivity contribution in [1.29, 1.82) is 0 Å². The molecule has 2 rings (SSSR count). The predicted octanol–water partition coefficient (Wildman–Crippen LogP) is 4.34. The fourth-order valence-corrected chi connectivity index (χ4v) is 2.75. The average Bonchev–Trinajstić information content (AvgIpc) is 2.25. The highest BCUT2D eigenvalue weighted by Gasteiger charge is 2.26. The zero-order valence-corrected chi connectivity index (χ0v) is 10.6. The first-order chi connectivity index (χ1) is 8.47. The van der Waals surface area contributed by atoms with Crippen molar-refractivity contribution >= 4 is 5.69 Å². The summed E-state index contributed by atoms with van der Waals surface area (Å²) in [6.45, 7) is 4.26. The van der Waals surface area contributed by atoms with E-state index < -0.39 is 17.5 Å². The van der Waals surface area contributed by atoms with Crippen LogP contribution in [0.1, 0.15) is 33.1 Å². The van der Waals surface area contributed by atoms with Crippen LogP contribution in [0.4, 0.5) is 18.9 Å². The molecule has 3 unspecified atom stereocenters. The Kier molecular flexibility index (Phi) is 3.83. The number of anilines is 1. The fraction of sp³-hybridized carbons (Fsp3) is 0.571. The minimum absolute atomic E-state index is 0.0515. The Morgan fingerprint density at radius 2 is 1.67 bits per heavy atom. The smallest absolute Gasteiger partial charge is 0.152 e. The van der Waals surface area contributed by atoms with Gasteiger partial charge in [0.1, 0.15) is 11.5 Å². The number of rotatable bonds is 2. The van der Waals surface area contributed by atoms with E-state index in [2.05, 4.69) is 19.2 Å². The summed E-state index contributed by atoms with van der Waals surface area (Å²) in [4.78, 5) is 0. The van der Waals surface area contributed by atoms with Crippen LogP contribution in [0, 0.1) is 29.3 Å². The lowest BCUT2D eigenvalue weighted by atomic mass is 9.80. The molecule has 1 aliphatic carbocycles. The predicted molar refractivity (Wildman–Crippen MR) is 65.9 cm³/mol. The summed E-state index contributed by atoms with van der Waals surface area (Å²) in [6, 6.07) is 1.47. The Balaban J connectivity index is 2.14. The van der Waals surface area contributed by atoms with E-state index in [1.165, 1.54) is 0 Å². The van der Waals surface area contributed by atoms with Gasteiger partial charge in [-0.25, -0.2) is 13.2 Å². The molecule has 18 heavy (non-hydrogen) atoms. The van der Waals surface area contributed by atoms with Crippen molar-refractivity contribution in [2.24, 2.45) is 11.8 Å². The summed E-state index contributed by atoms with van der Waals surface area (Å²) in [7, 11) is 0. The summed E-state index contributed by atoms with van der Waals surface area (Å²) >= 11 is 0. The van der Waals surface area contributed by atoms with Gasteiger partial charge >= 0.3 is 0 Å². The normalized spacial score (nSPS) is 28.2. The average molecular weight is 257 g/mol. The molecule has 1 saturated carbocycles. The van der Waals surface area contributed by atoms with Crippen LogP contribution < -0.4 is 5.32 Å². The van der Waals surface area contributed by atoms with Gasteiger partial charge in [0.05, 0.1) is 0 Å². The number of hydrogen-bond acceptors (Lipinski definition) is 1. The van der Waals surface area contributed by atoms with Gasteiger partial charge in [0, 0.05) is 18.2 Å². The quantitative estimate of drug-likeness (QED) is 0.831. The number of halogens is 3. The van der Waals surface area contributed by atoms with Crippen molar-refractivity contribution in [2.45, 2.75) is 39.2 Å². The maximum atomic E-state index is 13.5. The van der Waals surface area contributed by atoms with Gasteiger partial charge < -0.3 is 5.32 Å². The van der Waals surface area contributed by atoms with E-state index in [1.54, 1.807) is 0 Å². The van der Waals surface area contributed by atoms with Crippen LogP contribution in [0.3, 0.4) is 0 Å². The Labute approximate surface area is 105 Å². The van der Waals surface area contributed by atoms with E-state index >= 15 is 0 Å². The van der Waals surface area contributed by atoms with E-state index in [1.807, 2.05) is 0 Å². The number of nitrogens with one attached hydrogen (secondary N) is 1. The summed E-state index contributed by atoms with van der Waals surface area (Å²) < 4.78 is 39.9. The molecule has 0 heterocycles. The van der Waals surface area contributed by atoms with Crippen LogP contribution >= 0.6 is 0 Å². The third kappa shape index (κ3) is 2.79. The lowest BCUT2D eigenvalue weighted by molar-refractivity contribution is 0.275. The van der Waals surface area contributed by atoms with Gasteiger partial charge in [-0.05, 0) is 31.1 Å². The molecule has 1 N–H and O–H groups in total. The molecular weight excluding hydrogens is 239 g/mol. The van der Waals surface area contributed by atoms with Crippen molar-refractivity contribution in [3.05, 3.63) is 29.6 Å². The van der Waals surface area contributed by atoms with Gasteiger partial charge in [-0.3, -0.25) is 0 Å². The largest absolute Gasteiger partial charge is 0.377 e. The number of hydrogen-bond donors (Lipinski definition) is 1. The summed E-state index contributed by atoms with van der Waals surface area (Å²) in [5, 5.41) is 2.90. The molecule has 0 saturated heterocycles. The Morgan fingerprint density at radius 1 is 1.06 bits per heavy atom. The molecule has 1 aromatic rings. The van der Waals surface area contributed by atoms with Gasteiger partial charge in [0.15, 0.2) is 11.6 Å². The van der Waals surface area contributed by atoms with E-state index in [9.17, 15) is 13.2 Å². The second-order valence-corrected chi connectivity index (χ2v) is 5.39. The molecule has 0 radical (unpaired) electrons. The second-order valence-electron chi connectivity index (χ2n) is 5.39. The molecule has 1 aliphatic rings. The van der Waals surface area contributed by atoms with Crippen LogP contribution in [-0.4, -0.2) is 6.04 Å². The maximum absolute atomic E-state index is 13.5. The first-order valence-corrected chi connectivity index (χ1v) is 6.38. The van der Waals surface area contributed by atoms with Crippen molar-refractivity contribution < 1.29 is 13.2 Å². The topological polar surface area (TPSA) is 12.0 Å². The minimum atomic E-state index is -0.888. The SMILES string of the molecule is CC1CCC(Nc2c(F)cc(F)cc2F)C(C)C1. The van der Waals surface area contributed by atoms with Crippen LogP contribution in [-0.2, 0) is 0 Å². The highest BCUT2D eigenvalue weighted by atomic mass is 19.1. The van der Waals surface area contributed by atoms with Crippen molar-refractivity contribution in [3.8, 4) is 0 Å². The second kappa shape index (κ2) is 5.21. The molecule has 0 aliphatic heterocycles. The number of benzene rings is 1. The maximum Gasteiger partial charge on any atom is 0.152 e. The zero-order valence-electron chi connectivity index (χ0n) is 10.6. The standard InChI is InChI=1S/C14H18F3N/c1-8-3-4-13(9(2)5-8)18-14-11(16)6-10(15)7-12(14)17/h6-9,13,18H,3-5H2,1-2H3. The lowest BCUT2D eigenvalue weighted by Gasteiger charge is -2.34. The highest BCUT2D eigenvalue weighted by Crippen LogP contribution is 2.32. The zero-order chi connectivity index (χ0) is 13.3. The highest BCUT2D eigenvalue weighted by molar-refractivity contribution is 5.47. The van der Waals surface area contributed by atoms with Crippen molar-refractivity contribution in [3.63, 3.8) is 0 Å². The van der Waals surface area contributed by atoms with E-state index in [-0.39, 0.29) is 11.7 Å². The molecule has 100 valence electrons. The first-order valence-electron chi connectivity index (χ1n) is 6.38. The molecule has 1 fully saturated rings. The van der Waals surface area contributed by atoms with Gasteiger partial charge in [0.2, 0.25) is 0 Å².